The first kappa shape index (κ1) is 13.1. The van der Waals surface area contributed by atoms with Gasteiger partial charge in [-0.05, 0) is 24.0 Å². The molecule has 4 nitrogen and oxygen atoms in total. The van der Waals surface area contributed by atoms with Gasteiger partial charge in [-0.25, -0.2) is 0 Å². The maximum atomic E-state index is 10.9. The maximum absolute atomic E-state index is 10.9. The van der Waals surface area contributed by atoms with Crippen LogP contribution in [-0.2, 0) is 21.7 Å². The van der Waals surface area contributed by atoms with Crippen molar-refractivity contribution in [3.8, 4) is 0 Å². The van der Waals surface area contributed by atoms with Crippen molar-refractivity contribution in [2.24, 2.45) is 0 Å². The Morgan fingerprint density at radius 3 is 2.47 bits per heavy atom. The standard InChI is InChI=1S/C15H21NO3/c1-18-8-11-2-4-12(5-3-11)15(17)6-13-9-19-10-14(7-15)16-13/h2-5,13-14,16-17H,6-10H2,1H3. The van der Waals surface area contributed by atoms with Gasteiger partial charge in [0.05, 0.1) is 25.4 Å². The SMILES string of the molecule is COCc1ccc(C2(O)CC3COCC(C2)N3)cc1. The van der Waals surface area contributed by atoms with E-state index in [1.807, 2.05) is 24.3 Å². The Kier molecular flexibility index (Phi) is 3.58. The van der Waals surface area contributed by atoms with Gasteiger partial charge in [-0.2, -0.15) is 0 Å². The van der Waals surface area contributed by atoms with Crippen LogP contribution < -0.4 is 5.32 Å². The molecule has 104 valence electrons. The van der Waals surface area contributed by atoms with E-state index >= 15 is 0 Å². The van der Waals surface area contributed by atoms with Crippen LogP contribution in [0.25, 0.3) is 0 Å². The molecular weight excluding hydrogens is 242 g/mol. The summed E-state index contributed by atoms with van der Waals surface area (Å²) < 4.78 is 10.6. The van der Waals surface area contributed by atoms with E-state index < -0.39 is 5.60 Å². The lowest BCUT2D eigenvalue weighted by Gasteiger charge is -2.45. The van der Waals surface area contributed by atoms with Gasteiger partial charge in [-0.1, -0.05) is 24.3 Å². The first-order chi connectivity index (χ1) is 9.19. The molecule has 2 heterocycles. The molecule has 0 spiro atoms. The number of hydrogen-bond donors (Lipinski definition) is 2. The maximum Gasteiger partial charge on any atom is 0.0927 e. The molecule has 2 unspecified atom stereocenters. The fraction of sp³-hybridized carbons (Fsp3) is 0.600. The monoisotopic (exact) mass is 263 g/mol. The molecule has 2 atom stereocenters. The average molecular weight is 263 g/mol. The summed E-state index contributed by atoms with van der Waals surface area (Å²) in [5, 5.41) is 14.4. The minimum atomic E-state index is -0.726. The molecule has 19 heavy (non-hydrogen) atoms. The third-order valence-corrected chi connectivity index (χ3v) is 4.08. The highest BCUT2D eigenvalue weighted by Crippen LogP contribution is 2.36. The molecule has 0 aliphatic carbocycles. The zero-order valence-corrected chi connectivity index (χ0v) is 11.3. The first-order valence-corrected chi connectivity index (χ1v) is 6.84. The van der Waals surface area contributed by atoms with Crippen molar-refractivity contribution in [1.29, 1.82) is 0 Å². The van der Waals surface area contributed by atoms with Gasteiger partial charge in [0, 0.05) is 19.2 Å². The lowest BCUT2D eigenvalue weighted by Crippen LogP contribution is -2.58. The largest absolute Gasteiger partial charge is 0.385 e. The molecule has 1 aromatic rings. The molecule has 2 bridgehead atoms. The number of morpholine rings is 1. The Labute approximate surface area is 113 Å². The zero-order chi connectivity index (χ0) is 13.3. The second-order valence-electron chi connectivity index (χ2n) is 5.67. The van der Waals surface area contributed by atoms with Crippen molar-refractivity contribution < 1.29 is 14.6 Å². The van der Waals surface area contributed by atoms with Crippen LogP contribution in [0.1, 0.15) is 24.0 Å². The van der Waals surface area contributed by atoms with E-state index in [2.05, 4.69) is 5.32 Å². The number of aliphatic hydroxyl groups is 1. The Balaban J connectivity index is 1.79. The number of rotatable bonds is 3. The Bertz CT molecular complexity index is 420. The van der Waals surface area contributed by atoms with Gasteiger partial charge in [-0.15, -0.1) is 0 Å². The second-order valence-corrected chi connectivity index (χ2v) is 5.67. The number of methoxy groups -OCH3 is 1. The summed E-state index contributed by atoms with van der Waals surface area (Å²) >= 11 is 0. The van der Waals surface area contributed by atoms with Gasteiger partial charge in [0.25, 0.3) is 0 Å². The lowest BCUT2D eigenvalue weighted by atomic mass is 9.78. The molecule has 4 heteroatoms. The summed E-state index contributed by atoms with van der Waals surface area (Å²) in [6.45, 7) is 2.00. The van der Waals surface area contributed by atoms with E-state index in [1.54, 1.807) is 7.11 Å². The van der Waals surface area contributed by atoms with Crippen molar-refractivity contribution in [3.05, 3.63) is 35.4 Å². The Morgan fingerprint density at radius 1 is 1.26 bits per heavy atom. The minimum Gasteiger partial charge on any atom is -0.385 e. The summed E-state index contributed by atoms with van der Waals surface area (Å²) in [4.78, 5) is 0. The summed E-state index contributed by atoms with van der Waals surface area (Å²) in [7, 11) is 1.69. The van der Waals surface area contributed by atoms with Crippen LogP contribution in [0.5, 0.6) is 0 Å². The number of hydrogen-bond acceptors (Lipinski definition) is 4. The first-order valence-electron chi connectivity index (χ1n) is 6.84. The Hall–Kier alpha value is -0.940. The quantitative estimate of drug-likeness (QED) is 0.859. The van der Waals surface area contributed by atoms with Gasteiger partial charge in [-0.3, -0.25) is 0 Å². The molecular formula is C15H21NO3. The topological polar surface area (TPSA) is 50.7 Å². The van der Waals surface area contributed by atoms with Crippen molar-refractivity contribution in [2.45, 2.75) is 37.1 Å². The summed E-state index contributed by atoms with van der Waals surface area (Å²) in [5.41, 5.74) is 1.41. The van der Waals surface area contributed by atoms with Crippen LogP contribution in [0.15, 0.2) is 24.3 Å². The van der Waals surface area contributed by atoms with Crippen molar-refractivity contribution in [3.63, 3.8) is 0 Å². The van der Waals surface area contributed by atoms with E-state index in [0.29, 0.717) is 32.7 Å². The highest BCUT2D eigenvalue weighted by Gasteiger charge is 2.42. The van der Waals surface area contributed by atoms with E-state index in [-0.39, 0.29) is 12.1 Å². The van der Waals surface area contributed by atoms with E-state index in [1.165, 1.54) is 0 Å². The predicted octanol–water partition coefficient (Wildman–Crippen LogP) is 1.17. The lowest BCUT2D eigenvalue weighted by molar-refractivity contribution is -0.0802. The van der Waals surface area contributed by atoms with Crippen LogP contribution in [0.4, 0.5) is 0 Å². The fourth-order valence-electron chi connectivity index (χ4n) is 3.23. The zero-order valence-electron chi connectivity index (χ0n) is 11.3. The highest BCUT2D eigenvalue weighted by molar-refractivity contribution is 5.28. The molecule has 1 aromatic carbocycles. The molecule has 2 saturated heterocycles. The van der Waals surface area contributed by atoms with Gasteiger partial charge in [0.2, 0.25) is 0 Å². The number of fused-ring (bicyclic) bond motifs is 2. The van der Waals surface area contributed by atoms with Crippen LogP contribution in [-0.4, -0.2) is 37.5 Å². The molecule has 2 N–H and O–H groups in total. The number of ether oxygens (including phenoxy) is 2. The highest BCUT2D eigenvalue weighted by atomic mass is 16.5. The number of nitrogens with one attached hydrogen (secondary N) is 1. The van der Waals surface area contributed by atoms with Gasteiger partial charge >= 0.3 is 0 Å². The smallest absolute Gasteiger partial charge is 0.0927 e. The summed E-state index contributed by atoms with van der Waals surface area (Å²) in [6.07, 6.45) is 1.43. The number of benzene rings is 1. The molecule has 3 rings (SSSR count). The number of piperidine rings is 1. The van der Waals surface area contributed by atoms with Crippen molar-refractivity contribution in [1.82, 2.24) is 5.32 Å². The minimum absolute atomic E-state index is 0.260. The second kappa shape index (κ2) is 5.21. The van der Waals surface area contributed by atoms with E-state index in [4.69, 9.17) is 9.47 Å². The van der Waals surface area contributed by atoms with E-state index in [9.17, 15) is 5.11 Å². The van der Waals surface area contributed by atoms with Crippen molar-refractivity contribution in [2.75, 3.05) is 20.3 Å². The van der Waals surface area contributed by atoms with Gasteiger partial charge in [0.15, 0.2) is 0 Å². The van der Waals surface area contributed by atoms with Crippen LogP contribution in [0.2, 0.25) is 0 Å². The normalized spacial score (nSPS) is 34.2. The fourth-order valence-corrected chi connectivity index (χ4v) is 3.23. The van der Waals surface area contributed by atoms with Crippen molar-refractivity contribution >= 4 is 0 Å². The molecule has 2 aliphatic heterocycles. The average Bonchev–Trinajstić information content (AvgIpc) is 2.39. The molecule has 0 radical (unpaired) electrons. The molecule has 0 amide bonds. The van der Waals surface area contributed by atoms with Crippen LogP contribution in [0.3, 0.4) is 0 Å². The Morgan fingerprint density at radius 2 is 1.89 bits per heavy atom. The summed E-state index contributed by atoms with van der Waals surface area (Å²) in [5.74, 6) is 0. The predicted molar refractivity (Wildman–Crippen MR) is 71.8 cm³/mol. The molecule has 0 aromatic heterocycles. The third kappa shape index (κ3) is 2.67. The van der Waals surface area contributed by atoms with Crippen LogP contribution >= 0.6 is 0 Å². The van der Waals surface area contributed by atoms with Gasteiger partial charge < -0.3 is 19.9 Å². The van der Waals surface area contributed by atoms with Crippen LogP contribution in [0, 0.1) is 0 Å². The molecule has 2 fully saturated rings. The van der Waals surface area contributed by atoms with E-state index in [0.717, 1.165) is 11.1 Å². The van der Waals surface area contributed by atoms with Gasteiger partial charge in [0.1, 0.15) is 0 Å². The molecule has 2 aliphatic rings. The summed E-state index contributed by atoms with van der Waals surface area (Å²) in [6, 6.07) is 8.63. The third-order valence-electron chi connectivity index (χ3n) is 4.08. The molecule has 0 saturated carbocycles.